The molecule has 0 saturated carbocycles. The zero-order valence-electron chi connectivity index (χ0n) is 12.4. The first kappa shape index (κ1) is 15.0. The summed E-state index contributed by atoms with van der Waals surface area (Å²) in [7, 11) is 0. The normalized spacial score (nSPS) is 11.3. The predicted octanol–water partition coefficient (Wildman–Crippen LogP) is 3.28. The van der Waals surface area contributed by atoms with Gasteiger partial charge in [-0.15, -0.1) is 0 Å². The molecule has 2 heterocycles. The van der Waals surface area contributed by atoms with Crippen molar-refractivity contribution in [2.45, 2.75) is 34.2 Å². The first-order valence-corrected chi connectivity index (χ1v) is 7.24. The number of nitrogens with one attached hydrogen (secondary N) is 1. The number of hydrogen-bond acceptors (Lipinski definition) is 3. The molecule has 0 aliphatic heterocycles. The topological polar surface area (TPSA) is 42.7 Å². The molecule has 0 bridgehead atoms. The molecule has 0 fully saturated rings. The van der Waals surface area contributed by atoms with Crippen LogP contribution in [0.5, 0.6) is 0 Å². The summed E-state index contributed by atoms with van der Waals surface area (Å²) in [5.74, 6) is 0.623. The number of aryl methyl sites for hydroxylation is 1. The van der Waals surface area contributed by atoms with Gasteiger partial charge in [0.05, 0.1) is 22.1 Å². The van der Waals surface area contributed by atoms with Crippen LogP contribution in [0.1, 0.15) is 30.8 Å². The third kappa shape index (κ3) is 3.19. The van der Waals surface area contributed by atoms with Gasteiger partial charge in [-0.05, 0) is 32.4 Å². The molecule has 0 atom stereocenters. The maximum Gasteiger partial charge on any atom is 0.0848 e. The molecular weight excluding hydrogens is 272 g/mol. The molecule has 0 saturated heterocycles. The smallest absolute Gasteiger partial charge is 0.0848 e. The van der Waals surface area contributed by atoms with Crippen LogP contribution in [0.3, 0.4) is 0 Å². The molecule has 0 aliphatic carbocycles. The fraction of sp³-hybridized carbons (Fsp3) is 0.467. The number of hydrogen-bond donors (Lipinski definition) is 1. The lowest BCUT2D eigenvalue weighted by molar-refractivity contribution is 0.550. The standard InChI is InChI=1S/C15H21ClN4/c1-10(2)7-18-9-13-8-17-6-5-14(13)20-12(4)15(16)11(3)19-20/h5-6,8,10,18H,7,9H2,1-4H3. The van der Waals surface area contributed by atoms with Crippen LogP contribution < -0.4 is 5.32 Å². The third-order valence-corrected chi connectivity index (χ3v) is 3.72. The largest absolute Gasteiger partial charge is 0.312 e. The van der Waals surface area contributed by atoms with E-state index < -0.39 is 0 Å². The van der Waals surface area contributed by atoms with Gasteiger partial charge in [-0.25, -0.2) is 4.68 Å². The molecule has 0 amide bonds. The lowest BCUT2D eigenvalue weighted by Crippen LogP contribution is -2.20. The number of pyridine rings is 1. The Morgan fingerprint density at radius 2 is 2.10 bits per heavy atom. The van der Waals surface area contributed by atoms with Crippen molar-refractivity contribution >= 4 is 11.6 Å². The van der Waals surface area contributed by atoms with E-state index in [1.165, 1.54) is 0 Å². The zero-order chi connectivity index (χ0) is 14.7. The molecule has 0 radical (unpaired) electrons. The molecule has 108 valence electrons. The zero-order valence-corrected chi connectivity index (χ0v) is 13.2. The van der Waals surface area contributed by atoms with Crippen molar-refractivity contribution in [2.75, 3.05) is 6.54 Å². The number of rotatable bonds is 5. The van der Waals surface area contributed by atoms with Gasteiger partial charge in [0.1, 0.15) is 0 Å². The highest BCUT2D eigenvalue weighted by Gasteiger charge is 2.13. The second-order valence-corrected chi connectivity index (χ2v) is 5.80. The van der Waals surface area contributed by atoms with Crippen LogP contribution in [0.2, 0.25) is 5.02 Å². The Labute approximate surface area is 125 Å². The van der Waals surface area contributed by atoms with Gasteiger partial charge in [0.25, 0.3) is 0 Å². The van der Waals surface area contributed by atoms with Gasteiger partial charge in [0.15, 0.2) is 0 Å². The fourth-order valence-electron chi connectivity index (χ4n) is 2.12. The van der Waals surface area contributed by atoms with E-state index in [0.29, 0.717) is 5.92 Å². The first-order chi connectivity index (χ1) is 9.50. The maximum atomic E-state index is 6.23. The molecular formula is C15H21ClN4. The summed E-state index contributed by atoms with van der Waals surface area (Å²) in [6.07, 6.45) is 3.67. The Morgan fingerprint density at radius 1 is 1.35 bits per heavy atom. The van der Waals surface area contributed by atoms with Crippen LogP contribution in [0.4, 0.5) is 0 Å². The average molecular weight is 293 g/mol. The minimum atomic E-state index is 0.623. The van der Waals surface area contributed by atoms with Crippen molar-refractivity contribution in [2.24, 2.45) is 5.92 Å². The van der Waals surface area contributed by atoms with E-state index in [1.807, 2.05) is 30.8 Å². The molecule has 0 spiro atoms. The van der Waals surface area contributed by atoms with Crippen molar-refractivity contribution in [3.05, 3.63) is 40.4 Å². The van der Waals surface area contributed by atoms with Crippen LogP contribution in [0, 0.1) is 19.8 Å². The van der Waals surface area contributed by atoms with E-state index in [4.69, 9.17) is 11.6 Å². The van der Waals surface area contributed by atoms with Gasteiger partial charge < -0.3 is 5.32 Å². The molecule has 2 rings (SSSR count). The minimum absolute atomic E-state index is 0.623. The van der Waals surface area contributed by atoms with Crippen molar-refractivity contribution in [3.63, 3.8) is 0 Å². The quantitative estimate of drug-likeness (QED) is 0.919. The van der Waals surface area contributed by atoms with Crippen molar-refractivity contribution in [1.29, 1.82) is 0 Å². The Bertz CT molecular complexity index is 590. The van der Waals surface area contributed by atoms with Gasteiger partial charge in [-0.1, -0.05) is 25.4 Å². The van der Waals surface area contributed by atoms with E-state index >= 15 is 0 Å². The summed E-state index contributed by atoms with van der Waals surface area (Å²) in [6.45, 7) is 10.0. The van der Waals surface area contributed by atoms with E-state index in [0.717, 1.165) is 40.8 Å². The van der Waals surface area contributed by atoms with E-state index in [9.17, 15) is 0 Å². The second-order valence-electron chi connectivity index (χ2n) is 5.43. The van der Waals surface area contributed by atoms with Crippen LogP contribution in [0.15, 0.2) is 18.5 Å². The van der Waals surface area contributed by atoms with Crippen molar-refractivity contribution < 1.29 is 0 Å². The highest BCUT2D eigenvalue weighted by Crippen LogP contribution is 2.23. The molecule has 0 aromatic carbocycles. The van der Waals surface area contributed by atoms with Gasteiger partial charge >= 0.3 is 0 Å². The average Bonchev–Trinajstić information content (AvgIpc) is 2.67. The molecule has 0 unspecified atom stereocenters. The Hall–Kier alpha value is -1.39. The van der Waals surface area contributed by atoms with Crippen LogP contribution >= 0.6 is 11.6 Å². The van der Waals surface area contributed by atoms with Gasteiger partial charge in [-0.2, -0.15) is 5.10 Å². The summed E-state index contributed by atoms with van der Waals surface area (Å²) in [6, 6.07) is 1.97. The monoisotopic (exact) mass is 292 g/mol. The van der Waals surface area contributed by atoms with Crippen molar-refractivity contribution in [1.82, 2.24) is 20.1 Å². The SMILES string of the molecule is Cc1nn(-c2ccncc2CNCC(C)C)c(C)c1Cl. The Balaban J connectivity index is 2.29. The molecule has 0 aliphatic rings. The Morgan fingerprint density at radius 3 is 2.70 bits per heavy atom. The predicted molar refractivity (Wildman–Crippen MR) is 82.4 cm³/mol. The fourth-order valence-corrected chi connectivity index (χ4v) is 2.23. The molecule has 20 heavy (non-hydrogen) atoms. The summed E-state index contributed by atoms with van der Waals surface area (Å²) in [5, 5.41) is 8.68. The molecule has 5 heteroatoms. The van der Waals surface area contributed by atoms with Crippen molar-refractivity contribution in [3.8, 4) is 5.69 Å². The summed E-state index contributed by atoms with van der Waals surface area (Å²) in [5.41, 5.74) is 3.96. The molecule has 1 N–H and O–H groups in total. The summed E-state index contributed by atoms with van der Waals surface area (Å²) >= 11 is 6.23. The van der Waals surface area contributed by atoms with E-state index in [1.54, 1.807) is 6.20 Å². The summed E-state index contributed by atoms with van der Waals surface area (Å²) in [4.78, 5) is 4.21. The van der Waals surface area contributed by atoms with E-state index in [2.05, 4.69) is 29.2 Å². The maximum absolute atomic E-state index is 6.23. The number of halogens is 1. The lowest BCUT2D eigenvalue weighted by atomic mass is 10.2. The van der Waals surface area contributed by atoms with Gasteiger partial charge in [-0.3, -0.25) is 4.98 Å². The van der Waals surface area contributed by atoms with Crippen LogP contribution in [-0.4, -0.2) is 21.3 Å². The van der Waals surface area contributed by atoms with Crippen LogP contribution in [0.25, 0.3) is 5.69 Å². The molecule has 2 aromatic rings. The minimum Gasteiger partial charge on any atom is -0.312 e. The van der Waals surface area contributed by atoms with Gasteiger partial charge in [0.2, 0.25) is 0 Å². The Kier molecular flexibility index (Phi) is 4.78. The molecule has 4 nitrogen and oxygen atoms in total. The lowest BCUT2D eigenvalue weighted by Gasteiger charge is -2.12. The third-order valence-electron chi connectivity index (χ3n) is 3.18. The number of nitrogens with zero attached hydrogens (tertiary/aromatic N) is 3. The van der Waals surface area contributed by atoms with E-state index in [-0.39, 0.29) is 0 Å². The second kappa shape index (κ2) is 6.37. The summed E-state index contributed by atoms with van der Waals surface area (Å²) < 4.78 is 1.89. The highest BCUT2D eigenvalue weighted by molar-refractivity contribution is 6.31. The first-order valence-electron chi connectivity index (χ1n) is 6.86. The highest BCUT2D eigenvalue weighted by atomic mass is 35.5. The number of aromatic nitrogens is 3. The van der Waals surface area contributed by atoms with Gasteiger partial charge in [0, 0.05) is 24.5 Å². The molecule has 2 aromatic heterocycles. The van der Waals surface area contributed by atoms with Crippen LogP contribution in [-0.2, 0) is 6.54 Å².